The van der Waals surface area contributed by atoms with Gasteiger partial charge in [-0.25, -0.2) is 23.5 Å². The largest absolute Gasteiger partial charge is 0.368 e. The van der Waals surface area contributed by atoms with Crippen molar-refractivity contribution in [3.8, 4) is 20.9 Å². The number of benzene rings is 3. The number of anilines is 4. The average molecular weight is 889 g/mol. The number of hydrogen-bond acceptors (Lipinski definition) is 12. The first-order valence-corrected chi connectivity index (χ1v) is 22.8. The van der Waals surface area contributed by atoms with Gasteiger partial charge in [0.25, 0.3) is 0 Å². The molecule has 2 saturated heterocycles. The van der Waals surface area contributed by atoms with Crippen LogP contribution in [-0.2, 0) is 0 Å². The molecule has 9 rings (SSSR count). The number of piperidine rings is 1. The molecule has 0 atom stereocenters. The van der Waals surface area contributed by atoms with Crippen LogP contribution in [-0.4, -0.2) is 92.9 Å². The van der Waals surface area contributed by atoms with Gasteiger partial charge in [-0.1, -0.05) is 54.6 Å². The predicted octanol–water partition coefficient (Wildman–Crippen LogP) is 9.62. The van der Waals surface area contributed by atoms with Crippen LogP contribution in [0.3, 0.4) is 0 Å². The van der Waals surface area contributed by atoms with Gasteiger partial charge in [0, 0.05) is 72.6 Å². The first kappa shape index (κ1) is 43.4. The van der Waals surface area contributed by atoms with E-state index in [2.05, 4.69) is 29.7 Å². The summed E-state index contributed by atoms with van der Waals surface area (Å²) in [5, 5.41) is 1.86. The molecule has 2 aliphatic rings. The van der Waals surface area contributed by atoms with Crippen molar-refractivity contribution >= 4 is 78.5 Å². The third-order valence-corrected chi connectivity index (χ3v) is 13.6. The van der Waals surface area contributed by atoms with Crippen LogP contribution in [0.4, 0.5) is 37.1 Å². The maximum Gasteiger partial charge on any atom is 0.320 e. The first-order valence-electron chi connectivity index (χ1n) is 21.1. The minimum Gasteiger partial charge on any atom is -0.368 e. The zero-order chi connectivity index (χ0) is 44.4. The second-order valence-electron chi connectivity index (χ2n) is 16.3. The number of thiophene rings is 2. The number of nitrogen functional groups attached to an aromatic ring is 2. The molecule has 2 fully saturated rings. The number of ketones is 1. The van der Waals surface area contributed by atoms with Crippen LogP contribution in [0.25, 0.3) is 41.3 Å². The normalized spacial score (nSPS) is 14.7. The highest BCUT2D eigenvalue weighted by atomic mass is 32.1. The molecule has 4 N–H and O–H groups in total. The number of halogens is 2. The summed E-state index contributed by atoms with van der Waals surface area (Å²) >= 11 is 3.03. The Morgan fingerprint density at radius 1 is 0.635 bits per heavy atom. The highest BCUT2D eigenvalue weighted by Crippen LogP contribution is 2.39. The number of rotatable bonds is 8. The van der Waals surface area contributed by atoms with Crippen molar-refractivity contribution in [1.29, 1.82) is 0 Å². The second-order valence-corrected chi connectivity index (χ2v) is 18.4. The van der Waals surface area contributed by atoms with Crippen molar-refractivity contribution in [3.63, 3.8) is 0 Å². The Morgan fingerprint density at radius 3 is 1.52 bits per heavy atom. The standard InChI is InChI=1S/C24H21FN4OS.C23H29FN6OS/c25-18-8-6-15(7-9-18)20-14-19-22(27-24(26)28-23(19)31-20)29-12-10-17(11-13-29)21(30)16-4-2-1-3-5-16;1-14(2)30(15(3)4)23(31)29-11-9-28(10-12-29)20-18-13-19(16-5-7-17(24)8-6-16)32-21(18)27-22(25)26-20/h1-9,14,17H,10-13H2,(H2,26,27,28);5-8,13-15H,9-12H2,1-4H3,(H2,25,26,27). The molecule has 2 amide bonds. The molecule has 4 aromatic heterocycles. The van der Waals surface area contributed by atoms with Crippen LogP contribution in [0.1, 0.15) is 50.9 Å². The van der Waals surface area contributed by atoms with Crippen LogP contribution in [0.5, 0.6) is 0 Å². The number of carbonyl (C=O) groups is 2. The highest BCUT2D eigenvalue weighted by Gasteiger charge is 2.31. The molecule has 63 heavy (non-hydrogen) atoms. The fourth-order valence-corrected chi connectivity index (χ4v) is 10.4. The Balaban J connectivity index is 0.000000173. The van der Waals surface area contributed by atoms with Gasteiger partial charge < -0.3 is 31.1 Å². The molecule has 16 heteroatoms. The fourth-order valence-electron chi connectivity index (χ4n) is 8.34. The van der Waals surface area contributed by atoms with E-state index in [-0.39, 0.29) is 53.3 Å². The van der Waals surface area contributed by atoms with Gasteiger partial charge >= 0.3 is 6.03 Å². The summed E-state index contributed by atoms with van der Waals surface area (Å²) in [4.78, 5) is 55.5. The minimum absolute atomic E-state index is 0.0191. The number of carbonyl (C=O) groups excluding carboxylic acids is 2. The van der Waals surface area contributed by atoms with Crippen LogP contribution >= 0.6 is 22.7 Å². The van der Waals surface area contributed by atoms with Gasteiger partial charge in [-0.3, -0.25) is 4.79 Å². The Kier molecular flexibility index (Phi) is 12.8. The summed E-state index contributed by atoms with van der Waals surface area (Å²) in [5.41, 5.74) is 14.7. The number of Topliss-reactive ketones (excluding diaryl/α,β-unsaturated/α-hetero) is 1. The maximum atomic E-state index is 13.3. The maximum absolute atomic E-state index is 13.3. The Bertz CT molecular complexity index is 2700. The van der Waals surface area contributed by atoms with Crippen molar-refractivity contribution < 1.29 is 18.4 Å². The van der Waals surface area contributed by atoms with E-state index in [1.165, 1.54) is 46.9 Å². The van der Waals surface area contributed by atoms with E-state index >= 15 is 0 Å². The highest BCUT2D eigenvalue weighted by molar-refractivity contribution is 7.22. The van der Waals surface area contributed by atoms with Crippen molar-refractivity contribution in [2.24, 2.45) is 5.92 Å². The molecule has 12 nitrogen and oxygen atoms in total. The van der Waals surface area contributed by atoms with E-state index in [1.807, 2.05) is 80.0 Å². The van der Waals surface area contributed by atoms with Gasteiger partial charge in [-0.05, 0) is 88.1 Å². The predicted molar refractivity (Wildman–Crippen MR) is 251 cm³/mol. The van der Waals surface area contributed by atoms with E-state index in [0.717, 1.165) is 84.4 Å². The number of hydrogen-bond donors (Lipinski definition) is 2. The third-order valence-electron chi connectivity index (χ3n) is 11.4. The lowest BCUT2D eigenvalue weighted by molar-refractivity contribution is 0.0900. The lowest BCUT2D eigenvalue weighted by atomic mass is 9.89. The molecule has 3 aromatic carbocycles. The van der Waals surface area contributed by atoms with E-state index in [0.29, 0.717) is 26.2 Å². The van der Waals surface area contributed by atoms with Gasteiger partial charge in [0.1, 0.15) is 32.9 Å². The number of nitrogens with two attached hydrogens (primary N) is 2. The van der Waals surface area contributed by atoms with Gasteiger partial charge in [0.15, 0.2) is 5.78 Å². The van der Waals surface area contributed by atoms with Crippen molar-refractivity contribution in [1.82, 2.24) is 29.7 Å². The number of amides is 2. The van der Waals surface area contributed by atoms with Gasteiger partial charge in [0.05, 0.1) is 10.8 Å². The Morgan fingerprint density at radius 2 is 1.08 bits per heavy atom. The molecule has 0 radical (unpaired) electrons. The first-order chi connectivity index (χ1) is 30.3. The number of aromatic nitrogens is 4. The minimum atomic E-state index is -0.263. The summed E-state index contributed by atoms with van der Waals surface area (Å²) in [7, 11) is 0. The smallest absolute Gasteiger partial charge is 0.320 e. The molecule has 0 saturated carbocycles. The molecule has 0 unspecified atom stereocenters. The van der Waals surface area contributed by atoms with Crippen LogP contribution < -0.4 is 21.3 Å². The van der Waals surface area contributed by atoms with Crippen LogP contribution in [0.15, 0.2) is 91.0 Å². The van der Waals surface area contributed by atoms with E-state index in [1.54, 1.807) is 24.3 Å². The van der Waals surface area contributed by atoms with Gasteiger partial charge in [-0.2, -0.15) is 9.97 Å². The summed E-state index contributed by atoms with van der Waals surface area (Å²) < 4.78 is 26.6. The van der Waals surface area contributed by atoms with E-state index < -0.39 is 0 Å². The monoisotopic (exact) mass is 888 g/mol. The SMILES string of the molecule is CC(C)N(C(=O)N1CCN(c2nc(N)nc3sc(-c4ccc(F)cc4)cc23)CC1)C(C)C.Nc1nc(N2CCC(C(=O)c3ccccc3)CC2)c2cc(-c3ccc(F)cc3)sc2n1. The molecule has 326 valence electrons. The lowest BCUT2D eigenvalue weighted by Crippen LogP contribution is -2.56. The molecule has 0 aliphatic carbocycles. The van der Waals surface area contributed by atoms with E-state index in [4.69, 9.17) is 11.5 Å². The van der Waals surface area contributed by atoms with Crippen LogP contribution in [0, 0.1) is 17.6 Å². The third kappa shape index (κ3) is 9.56. The number of fused-ring (bicyclic) bond motifs is 2. The number of nitrogens with zero attached hydrogens (tertiary/aromatic N) is 8. The summed E-state index contributed by atoms with van der Waals surface area (Å²) in [6, 6.07) is 26.8. The Labute approximate surface area is 373 Å². The molecule has 0 bridgehead atoms. The van der Waals surface area contributed by atoms with Gasteiger partial charge in [-0.15, -0.1) is 22.7 Å². The van der Waals surface area contributed by atoms with Crippen molar-refractivity contribution in [3.05, 3.63) is 108 Å². The number of piperazine rings is 1. The summed E-state index contributed by atoms with van der Waals surface area (Å²) in [6.07, 6.45) is 1.54. The zero-order valence-corrected chi connectivity index (χ0v) is 37.3. The van der Waals surface area contributed by atoms with Crippen LogP contribution in [0.2, 0.25) is 0 Å². The molecule has 2 aliphatic heterocycles. The summed E-state index contributed by atoms with van der Waals surface area (Å²) in [5.74, 6) is 1.75. The lowest BCUT2D eigenvalue weighted by Gasteiger charge is -2.40. The quantitative estimate of drug-likeness (QED) is 0.141. The molecule has 6 heterocycles. The molecule has 7 aromatic rings. The van der Waals surface area contributed by atoms with E-state index in [9.17, 15) is 18.4 Å². The molecular weight excluding hydrogens is 839 g/mol. The Hall–Kier alpha value is -6.26. The average Bonchev–Trinajstić information content (AvgIpc) is 3.91. The van der Waals surface area contributed by atoms with Gasteiger partial charge in [0.2, 0.25) is 11.9 Å². The fraction of sp³-hybridized carbons (Fsp3) is 0.319. The molecular formula is C47H50F2N10O2S2. The van der Waals surface area contributed by atoms with Crippen molar-refractivity contribution in [2.75, 3.05) is 60.5 Å². The molecule has 0 spiro atoms. The number of urea groups is 1. The topological polar surface area (TPSA) is 151 Å². The van der Waals surface area contributed by atoms with Crippen molar-refractivity contribution in [2.45, 2.75) is 52.6 Å². The second kappa shape index (κ2) is 18.6. The summed E-state index contributed by atoms with van der Waals surface area (Å²) in [6.45, 7) is 12.2. The zero-order valence-electron chi connectivity index (χ0n) is 35.7.